The Balaban J connectivity index is 1.90. The Morgan fingerprint density at radius 2 is 1.08 bits per heavy atom. The average Bonchev–Trinajstić information content (AvgIpc) is 2.55. The minimum absolute atomic E-state index is 1.03. The molecule has 0 nitrogen and oxygen atoms in total. The van der Waals surface area contributed by atoms with Crippen LogP contribution < -0.4 is 0 Å². The molecule has 0 amide bonds. The monoisotopic (exact) mass is 310 g/mol. The van der Waals surface area contributed by atoms with Crippen molar-refractivity contribution >= 4 is 0 Å². The number of hydrogen-bond acceptors (Lipinski definition) is 0. The fourth-order valence-electron chi connectivity index (χ4n) is 3.80. The van der Waals surface area contributed by atoms with Crippen LogP contribution in [0.1, 0.15) is 60.8 Å². The van der Waals surface area contributed by atoms with E-state index in [9.17, 15) is 0 Å². The topological polar surface area (TPSA) is 0 Å². The Labute approximate surface area is 145 Å². The van der Waals surface area contributed by atoms with E-state index in [1.807, 2.05) is 0 Å². The summed E-state index contributed by atoms with van der Waals surface area (Å²) in [4.78, 5) is 0. The highest BCUT2D eigenvalue weighted by Gasteiger charge is 2.15. The largest absolute Gasteiger partial charge is 0.0979 e. The van der Waals surface area contributed by atoms with E-state index >= 15 is 0 Å². The fourth-order valence-corrected chi connectivity index (χ4v) is 3.80. The minimum atomic E-state index is 1.03. The van der Waals surface area contributed by atoms with E-state index in [0.29, 0.717) is 0 Å². The van der Waals surface area contributed by atoms with Gasteiger partial charge in [0.2, 0.25) is 0 Å². The van der Waals surface area contributed by atoms with Gasteiger partial charge in [-0.15, -0.1) is 0 Å². The van der Waals surface area contributed by atoms with Crippen molar-refractivity contribution in [2.75, 3.05) is 0 Å². The van der Waals surface area contributed by atoms with Crippen molar-refractivity contribution in [1.29, 1.82) is 0 Å². The van der Waals surface area contributed by atoms with E-state index < -0.39 is 0 Å². The van der Waals surface area contributed by atoms with Gasteiger partial charge < -0.3 is 0 Å². The summed E-state index contributed by atoms with van der Waals surface area (Å²) in [7, 11) is 0. The van der Waals surface area contributed by atoms with Crippen LogP contribution in [-0.2, 0) is 12.8 Å². The van der Waals surface area contributed by atoms with E-state index in [1.54, 1.807) is 0 Å². The lowest BCUT2D eigenvalue weighted by atomic mass is 9.85. The molecule has 0 radical (unpaired) electrons. The first-order valence-corrected chi connectivity index (χ1v) is 9.15. The zero-order valence-corrected chi connectivity index (χ0v) is 14.1. The zero-order valence-electron chi connectivity index (χ0n) is 14.1. The number of benzene rings is 2. The Bertz CT molecular complexity index is 802. The van der Waals surface area contributed by atoms with Gasteiger partial charge in [-0.25, -0.2) is 0 Å². The van der Waals surface area contributed by atoms with Gasteiger partial charge in [-0.1, -0.05) is 47.9 Å². The van der Waals surface area contributed by atoms with Crippen molar-refractivity contribution in [3.8, 4) is 34.8 Å². The van der Waals surface area contributed by atoms with Gasteiger partial charge in [-0.05, 0) is 72.9 Å². The van der Waals surface area contributed by atoms with Gasteiger partial charge in [-0.3, -0.25) is 0 Å². The highest BCUT2D eigenvalue weighted by atomic mass is 14.2. The predicted molar refractivity (Wildman–Crippen MR) is 101 cm³/mol. The molecule has 2 aromatic rings. The van der Waals surface area contributed by atoms with Crippen LogP contribution >= 0.6 is 0 Å². The third kappa shape index (κ3) is 2.98. The van der Waals surface area contributed by atoms with E-state index in [4.69, 9.17) is 0 Å². The van der Waals surface area contributed by atoms with Gasteiger partial charge in [0, 0.05) is 24.0 Å². The molecule has 118 valence electrons. The van der Waals surface area contributed by atoms with Crippen LogP contribution in [0.3, 0.4) is 0 Å². The van der Waals surface area contributed by atoms with Crippen LogP contribution in [0.2, 0.25) is 0 Å². The second-order valence-corrected chi connectivity index (χ2v) is 6.68. The Kier molecular flexibility index (Phi) is 4.40. The van der Waals surface area contributed by atoms with E-state index in [0.717, 1.165) is 25.7 Å². The van der Waals surface area contributed by atoms with Crippen LogP contribution in [0, 0.1) is 23.7 Å². The van der Waals surface area contributed by atoms with Crippen molar-refractivity contribution in [2.24, 2.45) is 0 Å². The summed E-state index contributed by atoms with van der Waals surface area (Å²) in [6, 6.07) is 13.3. The maximum absolute atomic E-state index is 3.40. The molecule has 2 aliphatic rings. The van der Waals surface area contributed by atoms with Gasteiger partial charge in [0.15, 0.2) is 0 Å². The van der Waals surface area contributed by atoms with Crippen LogP contribution in [0.4, 0.5) is 0 Å². The second-order valence-electron chi connectivity index (χ2n) is 6.68. The van der Waals surface area contributed by atoms with E-state index in [1.165, 1.54) is 59.1 Å². The van der Waals surface area contributed by atoms with Crippen molar-refractivity contribution in [3.63, 3.8) is 0 Å². The molecule has 0 aliphatic heterocycles. The smallest absolute Gasteiger partial charge is 0.0283 e. The van der Waals surface area contributed by atoms with Gasteiger partial charge in [0.25, 0.3) is 0 Å². The molecule has 0 bridgehead atoms. The molecule has 0 fully saturated rings. The Hall–Kier alpha value is -2.44. The maximum atomic E-state index is 3.40. The SMILES string of the molecule is C1#Cc2cccc(-c3cccc4c3CCCCC#C4)c2CCCC1. The zero-order chi connectivity index (χ0) is 16.2. The third-order valence-corrected chi connectivity index (χ3v) is 5.05. The highest BCUT2D eigenvalue weighted by molar-refractivity contribution is 5.75. The first-order valence-electron chi connectivity index (χ1n) is 9.15. The maximum Gasteiger partial charge on any atom is 0.0283 e. The third-order valence-electron chi connectivity index (χ3n) is 5.05. The molecule has 2 aliphatic carbocycles. The van der Waals surface area contributed by atoms with Crippen LogP contribution in [0.5, 0.6) is 0 Å². The summed E-state index contributed by atoms with van der Waals surface area (Å²) in [6.45, 7) is 0. The van der Waals surface area contributed by atoms with Crippen LogP contribution in [-0.4, -0.2) is 0 Å². The van der Waals surface area contributed by atoms with Crippen molar-refractivity contribution in [3.05, 3.63) is 58.7 Å². The first kappa shape index (κ1) is 15.1. The second kappa shape index (κ2) is 6.98. The van der Waals surface area contributed by atoms with Crippen molar-refractivity contribution in [1.82, 2.24) is 0 Å². The molecule has 0 unspecified atom stereocenters. The van der Waals surface area contributed by atoms with Crippen LogP contribution in [0.15, 0.2) is 36.4 Å². The van der Waals surface area contributed by atoms with Crippen LogP contribution in [0.25, 0.3) is 11.1 Å². The molecule has 24 heavy (non-hydrogen) atoms. The van der Waals surface area contributed by atoms with Gasteiger partial charge in [-0.2, -0.15) is 0 Å². The lowest BCUT2D eigenvalue weighted by Crippen LogP contribution is -2.02. The molecule has 0 saturated carbocycles. The van der Waals surface area contributed by atoms with Gasteiger partial charge in [0.05, 0.1) is 0 Å². The van der Waals surface area contributed by atoms with E-state index in [-0.39, 0.29) is 0 Å². The number of rotatable bonds is 1. The van der Waals surface area contributed by atoms with Crippen molar-refractivity contribution < 1.29 is 0 Å². The molecular weight excluding hydrogens is 288 g/mol. The summed E-state index contributed by atoms with van der Waals surface area (Å²) in [5.41, 5.74) is 8.08. The first-order chi connectivity index (χ1) is 11.9. The quantitative estimate of drug-likeness (QED) is 0.609. The van der Waals surface area contributed by atoms with Gasteiger partial charge in [0.1, 0.15) is 0 Å². The van der Waals surface area contributed by atoms with Crippen molar-refractivity contribution in [2.45, 2.75) is 51.4 Å². The Morgan fingerprint density at radius 3 is 1.58 bits per heavy atom. The Morgan fingerprint density at radius 1 is 0.583 bits per heavy atom. The molecule has 0 aromatic heterocycles. The summed E-state index contributed by atoms with van der Waals surface area (Å²) in [6.07, 6.45) is 9.20. The molecule has 4 rings (SSSR count). The minimum Gasteiger partial charge on any atom is -0.0979 e. The average molecular weight is 310 g/mol. The summed E-state index contributed by atoms with van der Waals surface area (Å²) >= 11 is 0. The molecular formula is C24H22. The molecule has 2 aromatic carbocycles. The standard InChI is InChI=1S/C24H22/c1-3-7-15-21-19(11-5-1)13-9-17-23(21)24-18-10-14-20-12-6-2-4-8-16-22(20)24/h9-10,13-14,17-18H,1-4,7-8,15-16H2. The molecule has 0 heterocycles. The molecule has 0 N–H and O–H groups in total. The fraction of sp³-hybridized carbons (Fsp3) is 0.333. The highest BCUT2D eigenvalue weighted by Crippen LogP contribution is 2.33. The van der Waals surface area contributed by atoms with Gasteiger partial charge >= 0.3 is 0 Å². The number of hydrogen-bond donors (Lipinski definition) is 0. The molecule has 0 heteroatoms. The molecule has 0 spiro atoms. The normalized spacial score (nSPS) is 15.8. The van der Waals surface area contributed by atoms with E-state index in [2.05, 4.69) is 60.1 Å². The summed E-state index contributed by atoms with van der Waals surface area (Å²) in [5, 5.41) is 0. The lowest BCUT2D eigenvalue weighted by molar-refractivity contribution is 0.749. The molecule has 0 saturated heterocycles. The summed E-state index contributed by atoms with van der Waals surface area (Å²) in [5.74, 6) is 13.5. The lowest BCUT2D eigenvalue weighted by Gasteiger charge is -2.18. The number of fused-ring (bicyclic) bond motifs is 2. The molecule has 0 atom stereocenters. The predicted octanol–water partition coefficient (Wildman–Crippen LogP) is 5.51. The summed E-state index contributed by atoms with van der Waals surface area (Å²) < 4.78 is 0.